The van der Waals surface area contributed by atoms with Crippen molar-refractivity contribution in [3.8, 4) is 11.5 Å². The van der Waals surface area contributed by atoms with Gasteiger partial charge in [0.05, 0.1) is 0 Å². The van der Waals surface area contributed by atoms with Crippen LogP contribution < -0.4 is 20.5 Å². The Kier molecular flexibility index (Phi) is 6.63. The van der Waals surface area contributed by atoms with E-state index in [0.717, 1.165) is 0 Å². The maximum absolute atomic E-state index is 12.9. The van der Waals surface area contributed by atoms with E-state index in [1.54, 1.807) is 18.2 Å². The minimum absolute atomic E-state index is 0.0415. The van der Waals surface area contributed by atoms with Crippen LogP contribution in [0, 0.1) is 0 Å². The van der Waals surface area contributed by atoms with Gasteiger partial charge in [0, 0.05) is 16.7 Å². The molecular weight excluding hydrogens is 466 g/mol. The predicted octanol–water partition coefficient (Wildman–Crippen LogP) is 0.806. The zero-order chi connectivity index (χ0) is 24.6. The molecule has 0 aromatic heterocycles. The lowest BCUT2D eigenvalue weighted by molar-refractivity contribution is -0.176. The molecule has 3 heterocycles. The summed E-state index contributed by atoms with van der Waals surface area (Å²) in [5.74, 6) is -1.18. The lowest BCUT2D eigenvalue weighted by Gasteiger charge is -2.44. The molecule has 2 unspecified atom stereocenters. The average Bonchev–Trinajstić information content (AvgIpc) is 3.37. The van der Waals surface area contributed by atoms with Crippen LogP contribution in [0.4, 0.5) is 0 Å². The average molecular weight is 494 g/mol. The van der Waals surface area contributed by atoms with Gasteiger partial charge in [0.15, 0.2) is 11.5 Å². The lowest BCUT2D eigenvalue weighted by Crippen LogP contribution is -2.71. The van der Waals surface area contributed by atoms with Gasteiger partial charge in [-0.3, -0.25) is 14.4 Å². The number of esters is 2. The normalized spacial score (nSPS) is 24.6. The molecule has 3 aliphatic rings. The molecule has 2 fully saturated rings. The van der Waals surface area contributed by atoms with Crippen molar-refractivity contribution in [1.82, 2.24) is 10.2 Å². The zero-order valence-electron chi connectivity index (χ0n) is 19.1. The predicted molar refractivity (Wildman–Crippen MR) is 119 cm³/mol. The molecule has 1 aromatic rings. The Labute approximate surface area is 200 Å². The van der Waals surface area contributed by atoms with Gasteiger partial charge < -0.3 is 34.9 Å². The van der Waals surface area contributed by atoms with E-state index in [4.69, 9.17) is 24.7 Å². The number of carbonyl (C=O) groups is 4. The molecule has 0 spiro atoms. The summed E-state index contributed by atoms with van der Waals surface area (Å²) in [6.45, 7) is 4.99. The van der Waals surface area contributed by atoms with Crippen LogP contribution in [0.15, 0.2) is 18.2 Å². The van der Waals surface area contributed by atoms with E-state index in [2.05, 4.69) is 5.32 Å². The summed E-state index contributed by atoms with van der Waals surface area (Å²) >= 11 is 1.38. The van der Waals surface area contributed by atoms with Gasteiger partial charge in [0.1, 0.15) is 23.5 Å². The molecule has 184 valence electrons. The smallest absolute Gasteiger partial charge is 0.333 e. The largest absolute Gasteiger partial charge is 0.454 e. The van der Waals surface area contributed by atoms with Crippen LogP contribution in [0.5, 0.6) is 11.5 Å². The number of β-lactam (4-membered cyclic amide) rings is 1. The van der Waals surface area contributed by atoms with Gasteiger partial charge in [0.2, 0.25) is 25.4 Å². The molecule has 34 heavy (non-hydrogen) atoms. The van der Waals surface area contributed by atoms with E-state index < -0.39 is 58.8 Å². The number of hydrogen-bond donors (Lipinski definition) is 2. The molecule has 2 amide bonds. The molecular formula is C22H27N3O8S. The van der Waals surface area contributed by atoms with Gasteiger partial charge in [-0.2, -0.15) is 0 Å². The maximum atomic E-state index is 12.9. The minimum atomic E-state index is -1.07. The number of thioether (sulfide) groups is 1. The first-order chi connectivity index (χ1) is 16.2. The van der Waals surface area contributed by atoms with Crippen LogP contribution >= 0.6 is 11.8 Å². The fraction of sp³-hybridized carbons (Fsp3) is 0.545. The Morgan fingerprint density at radius 3 is 2.79 bits per heavy atom. The standard InChI is InChI=1S/C22H27N3O8S/c1-4-6-13(26)31-10-33-21(29)17-22(2,3)34-20-15(19(28)25(17)20)24-18(27)14(23)11-7-5-8-12-16(11)32-9-30-12/h5,7-8,14-15,17,20H,4,6,9-10,23H2,1-3H3,(H,24,27)/t14?,15?,17-,20+/m0/s1. The number of rotatable bonds is 8. The highest BCUT2D eigenvalue weighted by atomic mass is 32.2. The molecule has 1 aromatic carbocycles. The summed E-state index contributed by atoms with van der Waals surface area (Å²) in [6, 6.07) is 2.29. The molecule has 2 saturated heterocycles. The Hall–Kier alpha value is -2.99. The molecule has 3 aliphatic heterocycles. The number of fused-ring (bicyclic) bond motifs is 2. The summed E-state index contributed by atoms with van der Waals surface area (Å²) in [5, 5.41) is 2.24. The second kappa shape index (κ2) is 9.34. The van der Waals surface area contributed by atoms with Crippen molar-refractivity contribution < 1.29 is 38.1 Å². The van der Waals surface area contributed by atoms with Gasteiger partial charge in [-0.25, -0.2) is 4.79 Å². The fourth-order valence-electron chi connectivity index (χ4n) is 4.22. The Balaban J connectivity index is 1.38. The molecule has 0 saturated carbocycles. The van der Waals surface area contributed by atoms with Crippen molar-refractivity contribution in [2.24, 2.45) is 5.73 Å². The van der Waals surface area contributed by atoms with Crippen molar-refractivity contribution in [2.75, 3.05) is 13.6 Å². The van der Waals surface area contributed by atoms with Crippen LogP contribution in [0.3, 0.4) is 0 Å². The monoisotopic (exact) mass is 493 g/mol. The van der Waals surface area contributed by atoms with Crippen LogP contribution in [-0.2, 0) is 28.7 Å². The number of hydrogen-bond acceptors (Lipinski definition) is 10. The number of nitrogens with two attached hydrogens (primary N) is 1. The number of carbonyl (C=O) groups excluding carboxylic acids is 4. The van der Waals surface area contributed by atoms with Gasteiger partial charge in [0.25, 0.3) is 0 Å². The van der Waals surface area contributed by atoms with Crippen molar-refractivity contribution >= 4 is 35.5 Å². The SMILES string of the molecule is CCCC(=O)OCOC(=O)[C@@H]1N2C(=O)C(NC(=O)C(N)c3cccc4c3OCO4)[C@H]2SC1(C)C. The Bertz CT molecular complexity index is 1020. The summed E-state index contributed by atoms with van der Waals surface area (Å²) in [6.07, 6.45) is 0.844. The van der Waals surface area contributed by atoms with Crippen molar-refractivity contribution in [1.29, 1.82) is 0 Å². The van der Waals surface area contributed by atoms with E-state index in [-0.39, 0.29) is 13.2 Å². The second-order valence-electron chi connectivity index (χ2n) is 8.65. The van der Waals surface area contributed by atoms with Crippen molar-refractivity contribution in [3.05, 3.63) is 23.8 Å². The molecule has 4 atom stereocenters. The molecule has 0 bridgehead atoms. The van der Waals surface area contributed by atoms with E-state index in [1.165, 1.54) is 16.7 Å². The number of amides is 2. The van der Waals surface area contributed by atoms with E-state index in [9.17, 15) is 19.2 Å². The summed E-state index contributed by atoms with van der Waals surface area (Å²) < 4.78 is 20.1. The molecule has 0 radical (unpaired) electrons. The Morgan fingerprint density at radius 2 is 2.06 bits per heavy atom. The highest BCUT2D eigenvalue weighted by Gasteiger charge is 2.64. The van der Waals surface area contributed by atoms with Gasteiger partial charge in [-0.05, 0) is 26.3 Å². The maximum Gasteiger partial charge on any atom is 0.333 e. The highest BCUT2D eigenvalue weighted by Crippen LogP contribution is 2.51. The number of nitrogens with one attached hydrogen (secondary N) is 1. The summed E-state index contributed by atoms with van der Waals surface area (Å²) in [7, 11) is 0. The number of ether oxygens (including phenoxy) is 4. The first-order valence-electron chi connectivity index (χ1n) is 10.9. The summed E-state index contributed by atoms with van der Waals surface area (Å²) in [5.41, 5.74) is 6.61. The molecule has 3 N–H and O–H groups in total. The molecule has 4 rings (SSSR count). The van der Waals surface area contributed by atoms with Crippen molar-refractivity contribution in [3.63, 3.8) is 0 Å². The third kappa shape index (κ3) is 4.27. The number of benzene rings is 1. The topological polar surface area (TPSA) is 146 Å². The first-order valence-corrected chi connectivity index (χ1v) is 11.8. The first kappa shape index (κ1) is 24.1. The molecule has 12 heteroatoms. The van der Waals surface area contributed by atoms with Gasteiger partial charge in [-0.15, -0.1) is 11.8 Å². The van der Waals surface area contributed by atoms with E-state index in [0.29, 0.717) is 23.5 Å². The highest BCUT2D eigenvalue weighted by molar-refractivity contribution is 8.01. The van der Waals surface area contributed by atoms with E-state index >= 15 is 0 Å². The lowest BCUT2D eigenvalue weighted by atomic mass is 9.95. The third-order valence-corrected chi connectivity index (χ3v) is 7.45. The van der Waals surface area contributed by atoms with Crippen LogP contribution in [-0.4, -0.2) is 64.4 Å². The second-order valence-corrected chi connectivity index (χ2v) is 10.4. The fourth-order valence-corrected chi connectivity index (χ4v) is 5.84. The minimum Gasteiger partial charge on any atom is -0.454 e. The zero-order valence-corrected chi connectivity index (χ0v) is 19.9. The Morgan fingerprint density at radius 1 is 1.29 bits per heavy atom. The number of para-hydroxylation sites is 1. The van der Waals surface area contributed by atoms with Crippen LogP contribution in [0.2, 0.25) is 0 Å². The van der Waals surface area contributed by atoms with Crippen LogP contribution in [0.1, 0.15) is 45.2 Å². The third-order valence-electron chi connectivity index (χ3n) is 5.88. The number of nitrogens with zero attached hydrogens (tertiary/aromatic N) is 1. The van der Waals surface area contributed by atoms with Crippen LogP contribution in [0.25, 0.3) is 0 Å². The molecule has 11 nitrogen and oxygen atoms in total. The van der Waals surface area contributed by atoms with E-state index in [1.807, 2.05) is 20.8 Å². The van der Waals surface area contributed by atoms with Gasteiger partial charge in [-0.1, -0.05) is 19.1 Å². The molecule has 0 aliphatic carbocycles. The summed E-state index contributed by atoms with van der Waals surface area (Å²) in [4.78, 5) is 51.4. The van der Waals surface area contributed by atoms with Gasteiger partial charge >= 0.3 is 11.9 Å². The van der Waals surface area contributed by atoms with Crippen molar-refractivity contribution in [2.45, 2.75) is 61.9 Å². The quantitative estimate of drug-likeness (QED) is 0.303.